The van der Waals surface area contributed by atoms with Crippen LogP contribution in [0.5, 0.6) is 5.75 Å². The third-order valence-corrected chi connectivity index (χ3v) is 4.80. The number of amides is 2. The van der Waals surface area contributed by atoms with Crippen LogP contribution in [0.1, 0.15) is 25.7 Å². The quantitative estimate of drug-likeness (QED) is 0.509. The summed E-state index contributed by atoms with van der Waals surface area (Å²) in [6.07, 6.45) is 2.73. The highest BCUT2D eigenvalue weighted by Crippen LogP contribution is 2.23. The van der Waals surface area contributed by atoms with Crippen molar-refractivity contribution in [3.8, 4) is 17.1 Å². The molecule has 0 aliphatic carbocycles. The summed E-state index contributed by atoms with van der Waals surface area (Å²) in [4.78, 5) is 31.0. The molecule has 0 spiro atoms. The average molecular weight is 439 g/mol. The first-order valence-corrected chi connectivity index (χ1v) is 10.4. The van der Waals surface area contributed by atoms with Gasteiger partial charge >= 0.3 is 0 Å². The smallest absolute Gasteiger partial charge is 0.244 e. The molecule has 0 aliphatic rings. The number of carbonyl (C=O) groups excluding carboxylic acids is 2. The molecule has 0 radical (unpaired) electrons. The van der Waals surface area contributed by atoms with Crippen LogP contribution in [0.4, 0.5) is 10.1 Å². The van der Waals surface area contributed by atoms with Gasteiger partial charge in [-0.3, -0.25) is 9.59 Å². The van der Waals surface area contributed by atoms with Gasteiger partial charge in [0.05, 0.1) is 25.5 Å². The van der Waals surface area contributed by atoms with E-state index in [4.69, 9.17) is 9.15 Å². The van der Waals surface area contributed by atoms with Crippen LogP contribution in [-0.4, -0.2) is 41.9 Å². The summed E-state index contributed by atoms with van der Waals surface area (Å²) < 4.78 is 24.0. The van der Waals surface area contributed by atoms with Crippen molar-refractivity contribution in [2.45, 2.75) is 26.2 Å². The molecule has 0 fully saturated rings. The lowest BCUT2D eigenvalue weighted by atomic mass is 10.2. The fourth-order valence-corrected chi connectivity index (χ4v) is 3.22. The van der Waals surface area contributed by atoms with E-state index in [-0.39, 0.29) is 30.6 Å². The number of rotatable bonds is 10. The zero-order valence-electron chi connectivity index (χ0n) is 18.1. The van der Waals surface area contributed by atoms with Crippen LogP contribution < -0.4 is 10.1 Å². The summed E-state index contributed by atoms with van der Waals surface area (Å²) in [5.41, 5.74) is 1.26. The standard InChI is InChI=1S/C24H26FN3O4/c1-3-14-28(16-22(29)27-19-6-4-5-7-20(19)31-2)24(30)13-12-23-26-15-21(32-23)17-8-10-18(25)11-9-17/h4-11,15H,3,12-14,16H2,1-2H3,(H,27,29). The van der Waals surface area contributed by atoms with Crippen LogP contribution >= 0.6 is 0 Å². The number of carbonyl (C=O) groups is 2. The lowest BCUT2D eigenvalue weighted by Gasteiger charge is -2.21. The molecular formula is C24H26FN3O4. The van der Waals surface area contributed by atoms with E-state index in [2.05, 4.69) is 10.3 Å². The first-order chi connectivity index (χ1) is 15.5. The van der Waals surface area contributed by atoms with Gasteiger partial charge in [0.2, 0.25) is 11.8 Å². The Bertz CT molecular complexity index is 1050. The molecule has 0 bridgehead atoms. The first-order valence-electron chi connectivity index (χ1n) is 10.4. The number of anilines is 1. The molecule has 0 saturated heterocycles. The predicted octanol–water partition coefficient (Wildman–Crippen LogP) is 4.30. The largest absolute Gasteiger partial charge is 0.495 e. The molecule has 2 aromatic carbocycles. The van der Waals surface area contributed by atoms with E-state index in [1.165, 1.54) is 24.1 Å². The molecule has 32 heavy (non-hydrogen) atoms. The second-order valence-corrected chi connectivity index (χ2v) is 7.19. The van der Waals surface area contributed by atoms with Crippen LogP contribution in [0, 0.1) is 5.82 Å². The number of hydrogen-bond donors (Lipinski definition) is 1. The fraction of sp³-hybridized carbons (Fsp3) is 0.292. The number of hydrogen-bond acceptors (Lipinski definition) is 5. The Morgan fingerprint density at radius 1 is 1.16 bits per heavy atom. The molecule has 8 heteroatoms. The van der Waals surface area contributed by atoms with Gasteiger partial charge in [0.1, 0.15) is 11.6 Å². The SMILES string of the molecule is CCCN(CC(=O)Nc1ccccc1OC)C(=O)CCc1ncc(-c2ccc(F)cc2)o1. The van der Waals surface area contributed by atoms with Crippen molar-refractivity contribution in [1.82, 2.24) is 9.88 Å². The second-order valence-electron chi connectivity index (χ2n) is 7.19. The summed E-state index contributed by atoms with van der Waals surface area (Å²) in [5, 5.41) is 2.79. The highest BCUT2D eigenvalue weighted by atomic mass is 19.1. The number of aryl methyl sites for hydroxylation is 1. The van der Waals surface area contributed by atoms with Crippen molar-refractivity contribution in [2.24, 2.45) is 0 Å². The number of aromatic nitrogens is 1. The van der Waals surface area contributed by atoms with Crippen molar-refractivity contribution in [3.05, 3.63) is 66.4 Å². The van der Waals surface area contributed by atoms with E-state index in [1.807, 2.05) is 13.0 Å². The molecule has 1 aromatic heterocycles. The minimum absolute atomic E-state index is 0.0584. The average Bonchev–Trinajstić information content (AvgIpc) is 3.27. The van der Waals surface area contributed by atoms with Crippen LogP contribution in [0.2, 0.25) is 0 Å². The van der Waals surface area contributed by atoms with E-state index in [0.717, 1.165) is 6.42 Å². The Morgan fingerprint density at radius 2 is 1.91 bits per heavy atom. The number of halogens is 1. The van der Waals surface area contributed by atoms with Gasteiger partial charge in [-0.2, -0.15) is 0 Å². The Kier molecular flexibility index (Phi) is 7.96. The van der Waals surface area contributed by atoms with Gasteiger partial charge in [-0.25, -0.2) is 9.37 Å². The first kappa shape index (κ1) is 23.0. The number of benzene rings is 2. The van der Waals surface area contributed by atoms with Crippen LogP contribution in [0.3, 0.4) is 0 Å². The highest BCUT2D eigenvalue weighted by molar-refractivity contribution is 5.95. The van der Waals surface area contributed by atoms with Crippen LogP contribution in [-0.2, 0) is 16.0 Å². The minimum atomic E-state index is -0.329. The summed E-state index contributed by atoms with van der Waals surface area (Å²) in [7, 11) is 1.53. The zero-order chi connectivity index (χ0) is 22.9. The van der Waals surface area contributed by atoms with Gasteiger partial charge in [0.25, 0.3) is 0 Å². The fourth-order valence-electron chi connectivity index (χ4n) is 3.22. The van der Waals surface area contributed by atoms with Crippen LogP contribution in [0.25, 0.3) is 11.3 Å². The second kappa shape index (κ2) is 11.1. The zero-order valence-corrected chi connectivity index (χ0v) is 18.1. The maximum Gasteiger partial charge on any atom is 0.244 e. The van der Waals surface area contributed by atoms with Gasteiger partial charge in [-0.1, -0.05) is 19.1 Å². The third-order valence-electron chi connectivity index (χ3n) is 4.80. The molecule has 0 unspecified atom stereocenters. The normalized spacial score (nSPS) is 10.6. The van der Waals surface area contributed by atoms with Crippen molar-refractivity contribution in [2.75, 3.05) is 25.5 Å². The number of oxazole rings is 1. The van der Waals surface area contributed by atoms with Gasteiger partial charge in [0.15, 0.2) is 11.7 Å². The Labute approximate surface area is 186 Å². The molecule has 168 valence electrons. The highest BCUT2D eigenvalue weighted by Gasteiger charge is 2.18. The van der Waals surface area contributed by atoms with E-state index in [9.17, 15) is 14.0 Å². The lowest BCUT2D eigenvalue weighted by molar-refractivity contribution is -0.134. The van der Waals surface area contributed by atoms with E-state index < -0.39 is 0 Å². The molecule has 1 heterocycles. The third kappa shape index (κ3) is 6.16. The number of nitrogens with one attached hydrogen (secondary N) is 1. The molecule has 1 N–H and O–H groups in total. The monoisotopic (exact) mass is 439 g/mol. The van der Waals surface area contributed by atoms with Crippen molar-refractivity contribution >= 4 is 17.5 Å². The Balaban J connectivity index is 1.57. The molecule has 0 atom stereocenters. The Hall–Kier alpha value is -3.68. The topological polar surface area (TPSA) is 84.7 Å². The minimum Gasteiger partial charge on any atom is -0.495 e. The van der Waals surface area contributed by atoms with Crippen LogP contribution in [0.15, 0.2) is 59.1 Å². The lowest BCUT2D eigenvalue weighted by Crippen LogP contribution is -2.38. The van der Waals surface area contributed by atoms with Gasteiger partial charge < -0.3 is 19.4 Å². The van der Waals surface area contributed by atoms with E-state index >= 15 is 0 Å². The number of para-hydroxylation sites is 2. The molecule has 3 rings (SSSR count). The van der Waals surface area contributed by atoms with Gasteiger partial charge in [-0.15, -0.1) is 0 Å². The van der Waals surface area contributed by atoms with Crippen molar-refractivity contribution < 1.29 is 23.1 Å². The van der Waals surface area contributed by atoms with E-state index in [0.29, 0.717) is 41.6 Å². The maximum absolute atomic E-state index is 13.1. The molecule has 3 aromatic rings. The van der Waals surface area contributed by atoms with Gasteiger partial charge in [-0.05, 0) is 42.8 Å². The van der Waals surface area contributed by atoms with E-state index in [1.54, 1.807) is 36.5 Å². The molecule has 7 nitrogen and oxygen atoms in total. The summed E-state index contributed by atoms with van der Waals surface area (Å²) in [5.74, 6) is 0.677. The van der Waals surface area contributed by atoms with Crippen molar-refractivity contribution in [1.29, 1.82) is 0 Å². The molecule has 0 saturated carbocycles. The molecule has 0 aliphatic heterocycles. The summed E-state index contributed by atoms with van der Waals surface area (Å²) >= 11 is 0. The molecule has 2 amide bonds. The number of ether oxygens (including phenoxy) is 1. The maximum atomic E-state index is 13.1. The van der Waals surface area contributed by atoms with Gasteiger partial charge in [0, 0.05) is 24.9 Å². The Morgan fingerprint density at radius 3 is 2.62 bits per heavy atom. The summed E-state index contributed by atoms with van der Waals surface area (Å²) in [6, 6.07) is 13.0. The van der Waals surface area contributed by atoms with Crippen molar-refractivity contribution in [3.63, 3.8) is 0 Å². The molecular weight excluding hydrogens is 413 g/mol. The predicted molar refractivity (Wildman–Crippen MR) is 119 cm³/mol. The number of nitrogens with zero attached hydrogens (tertiary/aromatic N) is 2. The summed E-state index contributed by atoms with van der Waals surface area (Å²) in [6.45, 7) is 2.35. The number of methoxy groups -OCH3 is 1.